The smallest absolute Gasteiger partial charge is 0.166 e. The van der Waals surface area contributed by atoms with E-state index >= 15 is 0 Å². The van der Waals surface area contributed by atoms with E-state index in [-0.39, 0.29) is 30.7 Å². The molecule has 0 aliphatic heterocycles. The number of fused-ring (bicyclic) bond motifs is 1. The van der Waals surface area contributed by atoms with Gasteiger partial charge >= 0.3 is 0 Å². The van der Waals surface area contributed by atoms with E-state index in [4.69, 9.17) is 4.74 Å². The molecule has 2 aliphatic carbocycles. The Morgan fingerprint density at radius 2 is 1.82 bits per heavy atom. The molecule has 3 rings (SSSR count). The molecule has 0 fully saturated rings. The largest absolute Gasteiger partial charge is 0.491 e. The van der Waals surface area contributed by atoms with E-state index in [9.17, 15) is 14.7 Å². The molecule has 1 aromatic carbocycles. The minimum atomic E-state index is -0.954. The van der Waals surface area contributed by atoms with Gasteiger partial charge in [0.25, 0.3) is 0 Å². The summed E-state index contributed by atoms with van der Waals surface area (Å²) in [4.78, 5) is 27.0. The molecular weight excluding hydrogens is 352 g/mol. The summed E-state index contributed by atoms with van der Waals surface area (Å²) in [5, 5.41) is 9.19. The lowest BCUT2D eigenvalue weighted by Gasteiger charge is -2.54. The van der Waals surface area contributed by atoms with Gasteiger partial charge < -0.3 is 9.84 Å². The first-order valence-corrected chi connectivity index (χ1v) is 9.66. The molecule has 0 radical (unpaired) electrons. The minimum Gasteiger partial charge on any atom is -0.491 e. The van der Waals surface area contributed by atoms with Crippen molar-refractivity contribution in [3.63, 3.8) is 0 Å². The first-order valence-electron chi connectivity index (χ1n) is 9.66. The average Bonchev–Trinajstić information content (AvgIpc) is 2.71. The third kappa shape index (κ3) is 2.62. The zero-order chi connectivity index (χ0) is 20.7. The summed E-state index contributed by atoms with van der Waals surface area (Å²) in [6.45, 7) is 11.3. The van der Waals surface area contributed by atoms with Crippen LogP contribution in [-0.2, 0) is 9.59 Å². The molecule has 4 heteroatoms. The number of rotatable bonds is 5. The summed E-state index contributed by atoms with van der Waals surface area (Å²) in [5.41, 5.74) is 1.06. The Morgan fingerprint density at radius 1 is 1.18 bits per heavy atom. The summed E-state index contributed by atoms with van der Waals surface area (Å²) in [5.74, 6) is 0.286. The lowest BCUT2D eigenvalue weighted by Crippen LogP contribution is -2.57. The summed E-state index contributed by atoms with van der Waals surface area (Å²) in [6, 6.07) is 7.54. The van der Waals surface area contributed by atoms with Crippen LogP contribution in [0.5, 0.6) is 5.75 Å². The zero-order valence-electron chi connectivity index (χ0n) is 17.0. The highest BCUT2D eigenvalue weighted by atomic mass is 16.5. The summed E-state index contributed by atoms with van der Waals surface area (Å²) >= 11 is 0. The Bertz CT molecular complexity index is 907. The van der Waals surface area contributed by atoms with Gasteiger partial charge in [-0.3, -0.25) is 9.59 Å². The van der Waals surface area contributed by atoms with Gasteiger partial charge in [-0.1, -0.05) is 50.8 Å². The molecule has 3 atom stereocenters. The predicted octanol–water partition coefficient (Wildman–Crippen LogP) is 4.16. The number of benzene rings is 1. The molecule has 28 heavy (non-hydrogen) atoms. The van der Waals surface area contributed by atoms with Gasteiger partial charge in [0.1, 0.15) is 12.4 Å². The van der Waals surface area contributed by atoms with E-state index in [0.29, 0.717) is 23.3 Å². The van der Waals surface area contributed by atoms with Crippen molar-refractivity contribution in [3.05, 3.63) is 65.3 Å². The van der Waals surface area contributed by atoms with Crippen molar-refractivity contribution in [2.45, 2.75) is 40.0 Å². The van der Waals surface area contributed by atoms with Crippen LogP contribution >= 0.6 is 0 Å². The molecule has 0 spiro atoms. The van der Waals surface area contributed by atoms with Gasteiger partial charge in [-0.05, 0) is 43.1 Å². The number of aliphatic hydroxyl groups excluding tert-OH is 1. The van der Waals surface area contributed by atoms with Crippen LogP contribution in [0.25, 0.3) is 0 Å². The van der Waals surface area contributed by atoms with Crippen LogP contribution in [0.3, 0.4) is 0 Å². The molecular formula is C24H28O4. The lowest BCUT2D eigenvalue weighted by molar-refractivity contribution is -0.147. The molecule has 0 heterocycles. The summed E-state index contributed by atoms with van der Waals surface area (Å²) in [7, 11) is 0. The maximum atomic E-state index is 13.7. The monoisotopic (exact) mass is 380 g/mol. The molecule has 0 amide bonds. The highest BCUT2D eigenvalue weighted by molar-refractivity contribution is 6.17. The van der Waals surface area contributed by atoms with Gasteiger partial charge in [0.05, 0.1) is 12.0 Å². The quantitative estimate of drug-likeness (QED) is 0.833. The van der Waals surface area contributed by atoms with Crippen LogP contribution in [0.2, 0.25) is 0 Å². The number of Topliss-reactive ketones (excluding diaryl/α,β-unsaturated/α-hetero) is 2. The van der Waals surface area contributed by atoms with Crippen LogP contribution in [-0.4, -0.2) is 29.9 Å². The number of hydrogen-bond acceptors (Lipinski definition) is 4. The number of hydrogen-bond donors (Lipinski definition) is 1. The number of ether oxygens (including phenoxy) is 1. The number of aliphatic hydroxyl groups is 1. The minimum absolute atomic E-state index is 0.00140. The van der Waals surface area contributed by atoms with Gasteiger partial charge in [-0.2, -0.15) is 0 Å². The average molecular weight is 380 g/mol. The van der Waals surface area contributed by atoms with Crippen molar-refractivity contribution in [3.8, 4) is 5.75 Å². The first-order chi connectivity index (χ1) is 13.2. The molecule has 0 unspecified atom stereocenters. The van der Waals surface area contributed by atoms with Crippen molar-refractivity contribution < 1.29 is 19.4 Å². The fourth-order valence-corrected chi connectivity index (χ4v) is 4.86. The highest BCUT2D eigenvalue weighted by Gasteiger charge is 2.63. The zero-order valence-corrected chi connectivity index (χ0v) is 17.0. The van der Waals surface area contributed by atoms with Crippen LogP contribution in [0.4, 0.5) is 0 Å². The molecule has 1 N–H and O–H groups in total. The van der Waals surface area contributed by atoms with Gasteiger partial charge in [-0.15, -0.1) is 0 Å². The Morgan fingerprint density at radius 3 is 2.46 bits per heavy atom. The third-order valence-electron chi connectivity index (χ3n) is 6.83. The van der Waals surface area contributed by atoms with E-state index in [1.54, 1.807) is 19.9 Å². The van der Waals surface area contributed by atoms with E-state index in [2.05, 4.69) is 6.58 Å². The van der Waals surface area contributed by atoms with Crippen LogP contribution in [0, 0.1) is 10.8 Å². The second kappa shape index (κ2) is 7.17. The molecule has 0 aromatic heterocycles. The van der Waals surface area contributed by atoms with Crippen molar-refractivity contribution in [1.29, 1.82) is 0 Å². The number of ketones is 2. The Balaban J connectivity index is 2.29. The highest BCUT2D eigenvalue weighted by Crippen LogP contribution is 2.62. The molecule has 0 saturated carbocycles. The maximum absolute atomic E-state index is 13.7. The normalized spacial score (nSPS) is 30.0. The van der Waals surface area contributed by atoms with Crippen LogP contribution in [0.15, 0.2) is 59.7 Å². The van der Waals surface area contributed by atoms with E-state index in [0.717, 1.165) is 11.1 Å². The first kappa shape index (κ1) is 20.3. The van der Waals surface area contributed by atoms with Gasteiger partial charge in [0, 0.05) is 16.9 Å². The molecule has 2 aliphatic rings. The number of carbonyl (C=O) groups excluding carboxylic acids is 2. The van der Waals surface area contributed by atoms with Crippen molar-refractivity contribution >= 4 is 11.6 Å². The molecule has 4 nitrogen and oxygen atoms in total. The standard InChI is InChI=1S/C24H28O4/c1-6-17-11-12-23(4)21(26)15(2)16(3)22(27)24(23,5)20(17)18-9-7-8-10-19(18)28-14-13-25/h6-11,20,25H,1,12-14H2,2-5H3/t20-,23+,24-/m1/s1. The van der Waals surface area contributed by atoms with Crippen LogP contribution in [0.1, 0.15) is 45.6 Å². The second-order valence-electron chi connectivity index (χ2n) is 8.10. The van der Waals surface area contributed by atoms with Crippen LogP contribution < -0.4 is 4.74 Å². The van der Waals surface area contributed by atoms with Crippen molar-refractivity contribution in [1.82, 2.24) is 0 Å². The Hall–Kier alpha value is -2.46. The fraction of sp³-hybridized carbons (Fsp3) is 0.417. The lowest BCUT2D eigenvalue weighted by atomic mass is 9.45. The van der Waals surface area contributed by atoms with Gasteiger partial charge in [0.2, 0.25) is 0 Å². The predicted molar refractivity (Wildman–Crippen MR) is 109 cm³/mol. The number of allylic oxidation sites excluding steroid dienone is 5. The Labute approximate surface area is 166 Å². The molecule has 0 bridgehead atoms. The van der Waals surface area contributed by atoms with Crippen molar-refractivity contribution in [2.75, 3.05) is 13.2 Å². The second-order valence-corrected chi connectivity index (χ2v) is 8.10. The van der Waals surface area contributed by atoms with E-state index < -0.39 is 10.8 Å². The van der Waals surface area contributed by atoms with Crippen molar-refractivity contribution in [2.24, 2.45) is 10.8 Å². The molecule has 148 valence electrons. The van der Waals surface area contributed by atoms with Gasteiger partial charge in [0.15, 0.2) is 11.6 Å². The van der Waals surface area contributed by atoms with E-state index in [1.807, 2.05) is 44.2 Å². The molecule has 0 saturated heterocycles. The number of para-hydroxylation sites is 1. The SMILES string of the molecule is C=CC1=CC[C@@]2(C)C(=O)C(C)=C(C)C(=O)[C@@]2(C)[C@H]1c1ccccc1OCCO. The topological polar surface area (TPSA) is 63.6 Å². The Kier molecular flexibility index (Phi) is 5.20. The fourth-order valence-electron chi connectivity index (χ4n) is 4.86. The summed E-state index contributed by atoms with van der Waals surface area (Å²) < 4.78 is 5.78. The maximum Gasteiger partial charge on any atom is 0.166 e. The number of carbonyl (C=O) groups is 2. The van der Waals surface area contributed by atoms with E-state index in [1.165, 1.54) is 0 Å². The summed E-state index contributed by atoms with van der Waals surface area (Å²) in [6.07, 6.45) is 4.30. The molecule has 1 aromatic rings. The third-order valence-corrected chi connectivity index (χ3v) is 6.83. The van der Waals surface area contributed by atoms with Gasteiger partial charge in [-0.25, -0.2) is 0 Å².